The topological polar surface area (TPSA) is 17.1 Å². The van der Waals surface area contributed by atoms with Crippen LogP contribution in [0.25, 0.3) is 0 Å². The molecule has 0 atom stereocenters. The van der Waals surface area contributed by atoms with Gasteiger partial charge in [-0.3, -0.25) is 0 Å². The molecule has 0 spiro atoms. The van der Waals surface area contributed by atoms with E-state index >= 15 is 0 Å². The van der Waals surface area contributed by atoms with Gasteiger partial charge in [0.25, 0.3) is 0 Å². The molecule has 0 N–H and O–H groups in total. The van der Waals surface area contributed by atoms with E-state index in [1.54, 1.807) is 0 Å². The first-order valence-corrected chi connectivity index (χ1v) is 1.74. The monoisotopic (exact) mass is 271 g/mol. The molecule has 0 fully saturated rings. The fourth-order valence-electron chi connectivity index (χ4n) is 0. The largest absolute Gasteiger partial charge is 0 e. The van der Waals surface area contributed by atoms with Gasteiger partial charge in [-0.25, -0.2) is 0 Å². The maximum atomic E-state index is 9.64. The Balaban J connectivity index is -0.0000000267. The molecule has 1 nitrogen and oxygen atoms in total. The second-order valence-electron chi connectivity index (χ2n) is 0.523. The second kappa shape index (κ2) is 15.9. The van der Waals surface area contributed by atoms with Crippen LogP contribution in [0.3, 0.4) is 0 Å². The third-order valence-corrected chi connectivity index (χ3v) is 0.427. The van der Waals surface area contributed by atoms with Crippen LogP contribution in [0.2, 0.25) is 0 Å². The molecule has 51 valence electrons. The summed E-state index contributed by atoms with van der Waals surface area (Å²) in [7, 11) is 0. The van der Waals surface area contributed by atoms with E-state index in [1.807, 2.05) is 0 Å². The SMILES string of the molecule is C=C[C](=O)[Cr].[Ni].[Ni].[Ti]. The van der Waals surface area contributed by atoms with Crippen LogP contribution in [-0.2, 0) is 75.8 Å². The number of carbonyl (C=O) groups is 1. The summed E-state index contributed by atoms with van der Waals surface area (Å²) < 4.78 is -0.106. The van der Waals surface area contributed by atoms with Crippen molar-refractivity contribution in [3.63, 3.8) is 0 Å². The van der Waals surface area contributed by atoms with Crippen molar-refractivity contribution in [1.82, 2.24) is 0 Å². The molecular weight excluding hydrogens is 269 g/mol. The van der Waals surface area contributed by atoms with Crippen molar-refractivity contribution >= 4 is 4.65 Å². The second-order valence-corrected chi connectivity index (χ2v) is 1.15. The molecule has 0 aromatic rings. The summed E-state index contributed by atoms with van der Waals surface area (Å²) in [5.74, 6) is 0. The summed E-state index contributed by atoms with van der Waals surface area (Å²) in [5, 5.41) is 0. The van der Waals surface area contributed by atoms with Gasteiger partial charge in [0.2, 0.25) is 0 Å². The van der Waals surface area contributed by atoms with E-state index in [9.17, 15) is 4.79 Å². The minimum absolute atomic E-state index is 0. The first kappa shape index (κ1) is 22.6. The zero-order valence-electron chi connectivity index (χ0n) is 3.73. The molecule has 0 aliphatic carbocycles. The van der Waals surface area contributed by atoms with E-state index in [-0.39, 0.29) is 59.3 Å². The van der Waals surface area contributed by atoms with Gasteiger partial charge in [-0.1, -0.05) is 0 Å². The predicted molar refractivity (Wildman–Crippen MR) is 15.2 cm³/mol. The van der Waals surface area contributed by atoms with Crippen molar-refractivity contribution in [2.75, 3.05) is 0 Å². The molecule has 0 aliphatic heterocycles. The number of hydrogen-bond donors (Lipinski definition) is 0. The van der Waals surface area contributed by atoms with Crippen LogP contribution in [0.1, 0.15) is 0 Å². The first-order valence-electron chi connectivity index (χ1n) is 1.11. The third-order valence-electron chi connectivity index (χ3n) is 0.167. The van der Waals surface area contributed by atoms with Crippen LogP contribution in [0.4, 0.5) is 0 Å². The first-order chi connectivity index (χ1) is 2.27. The number of hydrogen-bond acceptors (Lipinski definition) is 1. The Morgan fingerprint density at radius 2 is 1.62 bits per heavy atom. The molecule has 0 aromatic carbocycles. The molecule has 0 radical (unpaired) electrons. The van der Waals surface area contributed by atoms with Gasteiger partial charge in [0, 0.05) is 54.7 Å². The molecule has 0 saturated heterocycles. The maximum Gasteiger partial charge on any atom is 0 e. The van der Waals surface area contributed by atoms with Crippen LogP contribution in [0.5, 0.6) is 0 Å². The Hall–Kier alpha value is 1.64. The van der Waals surface area contributed by atoms with Crippen LogP contribution in [-0.4, -0.2) is 4.65 Å². The molecule has 0 saturated carbocycles. The zero-order valence-corrected chi connectivity index (χ0v) is 8.55. The molecule has 0 aromatic heterocycles. The van der Waals surface area contributed by atoms with Gasteiger partial charge in [-0.15, -0.1) is 0 Å². The van der Waals surface area contributed by atoms with Crippen molar-refractivity contribution in [3.05, 3.63) is 12.7 Å². The van der Waals surface area contributed by atoms with E-state index in [2.05, 4.69) is 22.9 Å². The Labute approximate surface area is 92.2 Å². The minimum Gasteiger partial charge on any atom is 0 e. The molecule has 0 aliphatic rings. The van der Waals surface area contributed by atoms with E-state index < -0.39 is 0 Å². The van der Waals surface area contributed by atoms with E-state index in [0.717, 1.165) is 0 Å². The van der Waals surface area contributed by atoms with Crippen molar-refractivity contribution in [3.8, 4) is 0 Å². The Morgan fingerprint density at radius 1 is 1.50 bits per heavy atom. The summed E-state index contributed by atoms with van der Waals surface area (Å²) in [6.45, 7) is 3.18. The number of rotatable bonds is 1. The third kappa shape index (κ3) is 25.4. The molecular formula is C3H3CrNi2OTi. The summed E-state index contributed by atoms with van der Waals surface area (Å²) >= 11 is 2.23. The average molecular weight is 272 g/mol. The fraction of sp³-hybridized carbons (Fsp3) is 0. The van der Waals surface area contributed by atoms with Gasteiger partial charge >= 0.3 is 38.4 Å². The Bertz CT molecular complexity index is 68.3. The summed E-state index contributed by atoms with van der Waals surface area (Å²) in [4.78, 5) is 9.64. The quantitative estimate of drug-likeness (QED) is 0.494. The van der Waals surface area contributed by atoms with Crippen LogP contribution >= 0.6 is 0 Å². The zero-order chi connectivity index (χ0) is 4.28. The summed E-state index contributed by atoms with van der Waals surface area (Å²) in [5.41, 5.74) is 0. The minimum atomic E-state index is -0.106. The van der Waals surface area contributed by atoms with E-state index in [0.29, 0.717) is 0 Å². The molecule has 0 unspecified atom stereocenters. The molecule has 0 amide bonds. The average Bonchev–Trinajstić information content (AvgIpc) is 1.38. The smallest absolute Gasteiger partial charge is 0 e. The fourth-order valence-corrected chi connectivity index (χ4v) is 0. The number of carbonyl (C=O) groups excluding carboxylic acids is 1. The van der Waals surface area contributed by atoms with Gasteiger partial charge in [-0.05, 0) is 0 Å². The van der Waals surface area contributed by atoms with Crippen molar-refractivity contribution < 1.29 is 75.8 Å². The van der Waals surface area contributed by atoms with Gasteiger partial charge in [0.1, 0.15) is 0 Å². The molecule has 0 heterocycles. The van der Waals surface area contributed by atoms with Gasteiger partial charge < -0.3 is 0 Å². The Morgan fingerprint density at radius 3 is 1.62 bits per heavy atom. The van der Waals surface area contributed by atoms with Crippen LogP contribution in [0.15, 0.2) is 12.7 Å². The van der Waals surface area contributed by atoms with Crippen LogP contribution < -0.4 is 0 Å². The molecule has 5 heteroatoms. The normalized spacial score (nSPS) is 4.00. The molecule has 0 rings (SSSR count). The van der Waals surface area contributed by atoms with Crippen molar-refractivity contribution in [2.45, 2.75) is 0 Å². The molecule has 8 heavy (non-hydrogen) atoms. The van der Waals surface area contributed by atoms with Gasteiger partial charge in [-0.2, -0.15) is 0 Å². The maximum absolute atomic E-state index is 9.64. The van der Waals surface area contributed by atoms with E-state index in [1.165, 1.54) is 6.08 Å². The van der Waals surface area contributed by atoms with E-state index in [4.69, 9.17) is 0 Å². The van der Waals surface area contributed by atoms with Crippen molar-refractivity contribution in [1.29, 1.82) is 0 Å². The van der Waals surface area contributed by atoms with Gasteiger partial charge in [0.05, 0.1) is 0 Å². The summed E-state index contributed by atoms with van der Waals surface area (Å²) in [6, 6.07) is 0. The van der Waals surface area contributed by atoms with Crippen molar-refractivity contribution in [2.24, 2.45) is 0 Å². The number of allylic oxidation sites excluding steroid dienone is 1. The summed E-state index contributed by atoms with van der Waals surface area (Å²) in [6.07, 6.45) is 1.22. The Kier molecular flexibility index (Phi) is 44.8. The molecule has 0 bridgehead atoms. The van der Waals surface area contributed by atoms with Crippen LogP contribution in [0, 0.1) is 0 Å². The standard InChI is InChI=1S/C3H3O.Cr.2Ni.Ti/c1-2-3-4;;;;/h2H,1H2;;;;. The van der Waals surface area contributed by atoms with Gasteiger partial charge in [0.15, 0.2) is 0 Å². The predicted octanol–water partition coefficient (Wildman–Crippen LogP) is 0.238.